The summed E-state index contributed by atoms with van der Waals surface area (Å²) >= 11 is 0. The van der Waals surface area contributed by atoms with E-state index in [1.165, 1.54) is 24.3 Å². The van der Waals surface area contributed by atoms with Gasteiger partial charge in [-0.15, -0.1) is 0 Å². The second-order valence-electron chi connectivity index (χ2n) is 7.08. The largest absolute Gasteiger partial charge is 0.382 e. The number of rotatable bonds is 5. The molecule has 4 rings (SSSR count). The maximum Gasteiger partial charge on any atom is 0.155 e. The fraction of sp³-hybridized carbons (Fsp3) is 0.421. The highest BCUT2D eigenvalue weighted by Gasteiger charge is 2.41. The number of nitrogens with zero attached hydrogens (tertiary/aromatic N) is 1. The zero-order valence-corrected chi connectivity index (χ0v) is 13.8. The summed E-state index contributed by atoms with van der Waals surface area (Å²) in [4.78, 5) is 4.53. The van der Waals surface area contributed by atoms with Crippen LogP contribution in [0.1, 0.15) is 30.0 Å². The number of β-amino-alcohol motifs (C(OH)–C–C–N with tert-alkyl or cyclic N) is 1. The normalized spacial score (nSPS) is 20.2. The summed E-state index contributed by atoms with van der Waals surface area (Å²) in [6.45, 7) is 1.03. The summed E-state index contributed by atoms with van der Waals surface area (Å²) in [6, 6.07) is 7.24. The Balaban J connectivity index is 1.86. The topological polar surface area (TPSA) is 71.2 Å². The van der Waals surface area contributed by atoms with Crippen molar-refractivity contribution in [2.45, 2.75) is 24.4 Å². The molecule has 1 atom stereocenters. The van der Waals surface area contributed by atoms with E-state index in [4.69, 9.17) is 5.73 Å². The van der Waals surface area contributed by atoms with Crippen molar-refractivity contribution in [2.24, 2.45) is 11.7 Å². The molecule has 1 unspecified atom stereocenters. The van der Waals surface area contributed by atoms with Crippen molar-refractivity contribution < 1.29 is 13.9 Å². The van der Waals surface area contributed by atoms with Crippen molar-refractivity contribution in [1.82, 2.24) is 10.3 Å². The molecule has 0 amide bonds. The molecule has 2 aliphatic rings. The average molecular weight is 345 g/mol. The summed E-state index contributed by atoms with van der Waals surface area (Å²) in [5, 5.41) is 13.7. The lowest BCUT2D eigenvalue weighted by Crippen LogP contribution is -2.57. The van der Waals surface area contributed by atoms with E-state index in [1.807, 2.05) is 0 Å². The summed E-state index contributed by atoms with van der Waals surface area (Å²) < 4.78 is 28.4. The molecule has 0 spiro atoms. The van der Waals surface area contributed by atoms with Gasteiger partial charge in [0.1, 0.15) is 17.1 Å². The lowest BCUT2D eigenvalue weighted by molar-refractivity contribution is -0.0177. The Morgan fingerprint density at radius 1 is 1.24 bits per heavy atom. The van der Waals surface area contributed by atoms with E-state index in [0.717, 1.165) is 12.8 Å². The predicted molar refractivity (Wildman–Crippen MR) is 90.9 cm³/mol. The van der Waals surface area contributed by atoms with Crippen LogP contribution in [0, 0.1) is 17.6 Å². The van der Waals surface area contributed by atoms with Crippen molar-refractivity contribution in [3.63, 3.8) is 0 Å². The molecule has 0 bridgehead atoms. The van der Waals surface area contributed by atoms with E-state index < -0.39 is 11.4 Å². The standard InChI is InChI=1S/C19H21F2N3O/c20-13-5-3-12(4-6-13)18-17(21)15(19(25)9-23-10-19)7-16(24-18)14(8-22)11-1-2-11/h3-7,11,14,23,25H,1-2,8-10,22H2. The first-order chi connectivity index (χ1) is 12.0. The van der Waals surface area contributed by atoms with E-state index in [0.29, 0.717) is 36.8 Å². The first-order valence-corrected chi connectivity index (χ1v) is 8.62. The van der Waals surface area contributed by atoms with Crippen LogP contribution < -0.4 is 11.1 Å². The third kappa shape index (κ3) is 2.94. The molecule has 132 valence electrons. The van der Waals surface area contributed by atoms with Gasteiger partial charge in [0.2, 0.25) is 0 Å². The number of aromatic nitrogens is 1. The van der Waals surface area contributed by atoms with Gasteiger partial charge in [0.05, 0.1) is 0 Å². The lowest BCUT2D eigenvalue weighted by Gasteiger charge is -2.38. The zero-order chi connectivity index (χ0) is 17.6. The average Bonchev–Trinajstić information content (AvgIpc) is 3.40. The van der Waals surface area contributed by atoms with Crippen LogP contribution in [0.25, 0.3) is 11.3 Å². The van der Waals surface area contributed by atoms with Crippen molar-refractivity contribution in [3.8, 4) is 11.3 Å². The maximum atomic E-state index is 15.2. The SMILES string of the molecule is NCC(c1cc(C2(O)CNC2)c(F)c(-c2ccc(F)cc2)n1)C1CC1. The molecule has 0 radical (unpaired) electrons. The van der Waals surface area contributed by atoms with E-state index >= 15 is 4.39 Å². The first kappa shape index (κ1) is 16.6. The molecule has 25 heavy (non-hydrogen) atoms. The Morgan fingerprint density at radius 2 is 1.92 bits per heavy atom. The maximum absolute atomic E-state index is 15.2. The fourth-order valence-electron chi connectivity index (χ4n) is 3.48. The Labute approximate surface area is 145 Å². The molecule has 1 aliphatic heterocycles. The molecule has 1 aliphatic carbocycles. The third-order valence-electron chi connectivity index (χ3n) is 5.26. The lowest BCUT2D eigenvalue weighted by atomic mass is 9.85. The molecule has 1 saturated carbocycles. The molecule has 4 nitrogen and oxygen atoms in total. The molecular formula is C19H21F2N3O. The number of hydrogen-bond donors (Lipinski definition) is 3. The Kier molecular flexibility index (Phi) is 4.06. The number of pyridine rings is 1. The summed E-state index contributed by atoms with van der Waals surface area (Å²) in [5.41, 5.74) is 6.29. The van der Waals surface area contributed by atoms with Crippen LogP contribution in [0.5, 0.6) is 0 Å². The van der Waals surface area contributed by atoms with Gasteiger partial charge in [-0.25, -0.2) is 13.8 Å². The minimum absolute atomic E-state index is 0.0511. The highest BCUT2D eigenvalue weighted by molar-refractivity contribution is 5.62. The molecule has 1 aromatic carbocycles. The van der Waals surface area contributed by atoms with Gasteiger partial charge in [-0.2, -0.15) is 0 Å². The van der Waals surface area contributed by atoms with Gasteiger partial charge >= 0.3 is 0 Å². The Hall–Kier alpha value is -1.89. The van der Waals surface area contributed by atoms with Gasteiger partial charge < -0.3 is 16.2 Å². The van der Waals surface area contributed by atoms with Gasteiger partial charge in [0.15, 0.2) is 5.82 Å². The summed E-state index contributed by atoms with van der Waals surface area (Å²) in [6.07, 6.45) is 2.18. The molecule has 6 heteroatoms. The first-order valence-electron chi connectivity index (χ1n) is 8.62. The van der Waals surface area contributed by atoms with Gasteiger partial charge in [0.25, 0.3) is 0 Å². The van der Waals surface area contributed by atoms with E-state index in [1.54, 1.807) is 6.07 Å². The molecule has 2 aromatic rings. The van der Waals surface area contributed by atoms with Crippen molar-refractivity contribution in [3.05, 3.63) is 53.2 Å². The second kappa shape index (κ2) is 6.12. The van der Waals surface area contributed by atoms with Gasteiger partial charge in [-0.3, -0.25) is 0 Å². The van der Waals surface area contributed by atoms with Crippen molar-refractivity contribution in [1.29, 1.82) is 0 Å². The predicted octanol–water partition coefficient (Wildman–Crippen LogP) is 2.27. The minimum atomic E-state index is -1.24. The second-order valence-corrected chi connectivity index (χ2v) is 7.08. The molecule has 4 N–H and O–H groups in total. The smallest absolute Gasteiger partial charge is 0.155 e. The van der Waals surface area contributed by atoms with Crippen LogP contribution in [0.4, 0.5) is 8.78 Å². The summed E-state index contributed by atoms with van der Waals surface area (Å²) in [7, 11) is 0. The van der Waals surface area contributed by atoms with Crippen LogP contribution in [0.3, 0.4) is 0 Å². The van der Waals surface area contributed by atoms with E-state index in [9.17, 15) is 9.50 Å². The molecule has 2 fully saturated rings. The van der Waals surface area contributed by atoms with Crippen LogP contribution in [-0.2, 0) is 5.60 Å². The fourth-order valence-corrected chi connectivity index (χ4v) is 3.48. The highest BCUT2D eigenvalue weighted by Crippen LogP contribution is 2.43. The van der Waals surface area contributed by atoms with E-state index in [-0.39, 0.29) is 23.0 Å². The number of nitrogens with two attached hydrogens (primary N) is 1. The third-order valence-corrected chi connectivity index (χ3v) is 5.26. The monoisotopic (exact) mass is 345 g/mol. The van der Waals surface area contributed by atoms with Crippen LogP contribution in [0.2, 0.25) is 0 Å². The molecule has 1 aromatic heterocycles. The van der Waals surface area contributed by atoms with Crippen molar-refractivity contribution >= 4 is 0 Å². The van der Waals surface area contributed by atoms with Crippen LogP contribution >= 0.6 is 0 Å². The zero-order valence-electron chi connectivity index (χ0n) is 13.8. The number of aliphatic hydroxyl groups is 1. The molecular weight excluding hydrogens is 324 g/mol. The van der Waals surface area contributed by atoms with Crippen molar-refractivity contribution in [2.75, 3.05) is 19.6 Å². The number of nitrogens with one attached hydrogen (secondary N) is 1. The minimum Gasteiger partial charge on any atom is -0.382 e. The summed E-state index contributed by atoms with van der Waals surface area (Å²) in [5.74, 6) is -0.424. The highest BCUT2D eigenvalue weighted by atomic mass is 19.1. The number of halogens is 2. The number of hydrogen-bond acceptors (Lipinski definition) is 4. The Bertz CT molecular complexity index is 786. The molecule has 1 saturated heterocycles. The quantitative estimate of drug-likeness (QED) is 0.777. The van der Waals surface area contributed by atoms with Crippen LogP contribution in [-0.4, -0.2) is 29.7 Å². The van der Waals surface area contributed by atoms with Gasteiger partial charge in [-0.1, -0.05) is 0 Å². The van der Waals surface area contributed by atoms with E-state index in [2.05, 4.69) is 10.3 Å². The van der Waals surface area contributed by atoms with Gasteiger partial charge in [0, 0.05) is 42.4 Å². The molecule has 2 heterocycles. The number of benzene rings is 1. The Morgan fingerprint density at radius 3 is 2.44 bits per heavy atom. The van der Waals surface area contributed by atoms with Gasteiger partial charge in [-0.05, 0) is 49.1 Å². The van der Waals surface area contributed by atoms with Crippen LogP contribution in [0.15, 0.2) is 30.3 Å².